The average Bonchev–Trinajstić information content (AvgIpc) is 3.40. The molecule has 1 amide bonds. The molecule has 0 spiro atoms. The van der Waals surface area contributed by atoms with Gasteiger partial charge < -0.3 is 20.1 Å². The van der Waals surface area contributed by atoms with E-state index in [2.05, 4.69) is 69.3 Å². The lowest BCUT2D eigenvalue weighted by Gasteiger charge is -2.28. The normalized spacial score (nSPS) is 16.9. The molecule has 1 fully saturated rings. The van der Waals surface area contributed by atoms with Crippen molar-refractivity contribution in [3.05, 3.63) is 119 Å². The van der Waals surface area contributed by atoms with Crippen LogP contribution in [0.25, 0.3) is 0 Å². The van der Waals surface area contributed by atoms with Gasteiger partial charge in [-0.2, -0.15) is 0 Å². The van der Waals surface area contributed by atoms with Gasteiger partial charge in [0, 0.05) is 42.8 Å². The van der Waals surface area contributed by atoms with Crippen LogP contribution in [-0.2, 0) is 11.3 Å². The fourth-order valence-corrected chi connectivity index (χ4v) is 5.60. The number of amides is 1. The Labute approximate surface area is 229 Å². The van der Waals surface area contributed by atoms with Crippen LogP contribution in [0.3, 0.4) is 0 Å². The highest BCUT2D eigenvalue weighted by molar-refractivity contribution is 7.80. The summed E-state index contributed by atoms with van der Waals surface area (Å²) in [5, 5.41) is 7.20. The minimum atomic E-state index is -0.117. The third-order valence-electron chi connectivity index (χ3n) is 7.31. The Kier molecular flexibility index (Phi) is 7.56. The molecule has 2 aromatic carbocycles. The molecule has 0 aliphatic carbocycles. The molecule has 4 aromatic rings. The van der Waals surface area contributed by atoms with Crippen LogP contribution in [0, 0.1) is 20.8 Å². The summed E-state index contributed by atoms with van der Waals surface area (Å²) in [6.07, 6.45) is 2.14. The number of aryl methyl sites for hydroxylation is 2. The number of carbonyl (C=O) groups excluding carboxylic acids is 1. The Morgan fingerprint density at radius 1 is 1.00 bits per heavy atom. The van der Waals surface area contributed by atoms with E-state index in [1.54, 1.807) is 0 Å². The molecule has 38 heavy (non-hydrogen) atoms. The highest BCUT2D eigenvalue weighted by Crippen LogP contribution is 2.41. The molecule has 0 unspecified atom stereocenters. The number of aromatic nitrogens is 2. The van der Waals surface area contributed by atoms with Gasteiger partial charge in [0.25, 0.3) is 0 Å². The van der Waals surface area contributed by atoms with Crippen LogP contribution in [0.4, 0.5) is 5.69 Å². The van der Waals surface area contributed by atoms with Gasteiger partial charge in [-0.05, 0) is 73.9 Å². The second-order valence-electron chi connectivity index (χ2n) is 9.83. The lowest BCUT2D eigenvalue weighted by atomic mass is 9.96. The van der Waals surface area contributed by atoms with Crippen molar-refractivity contribution in [1.29, 1.82) is 0 Å². The number of rotatable bonds is 8. The molecule has 0 radical (unpaired) electrons. The van der Waals surface area contributed by atoms with E-state index in [1.807, 2.05) is 61.7 Å². The molecular formula is C31H33N5OS. The molecule has 0 bridgehead atoms. The fourth-order valence-electron chi connectivity index (χ4n) is 5.27. The maximum atomic E-state index is 12.9. The molecule has 194 valence electrons. The first-order valence-electron chi connectivity index (χ1n) is 13.0. The van der Waals surface area contributed by atoms with Crippen molar-refractivity contribution in [2.45, 2.75) is 45.8 Å². The van der Waals surface area contributed by atoms with E-state index in [1.165, 1.54) is 22.5 Å². The van der Waals surface area contributed by atoms with Crippen LogP contribution in [0.15, 0.2) is 85.1 Å². The molecule has 2 N–H and O–H groups in total. The lowest BCUT2D eigenvalue weighted by molar-refractivity contribution is -0.116. The van der Waals surface area contributed by atoms with E-state index in [9.17, 15) is 4.79 Å². The predicted octanol–water partition coefficient (Wildman–Crippen LogP) is 5.86. The van der Waals surface area contributed by atoms with Crippen molar-refractivity contribution < 1.29 is 4.79 Å². The van der Waals surface area contributed by atoms with Gasteiger partial charge in [0.1, 0.15) is 0 Å². The van der Waals surface area contributed by atoms with Crippen molar-refractivity contribution in [2.24, 2.45) is 0 Å². The van der Waals surface area contributed by atoms with Crippen molar-refractivity contribution in [1.82, 2.24) is 19.8 Å². The summed E-state index contributed by atoms with van der Waals surface area (Å²) in [6.45, 7) is 7.62. The largest absolute Gasteiger partial charge is 0.352 e. The summed E-state index contributed by atoms with van der Waals surface area (Å²) in [5.74, 6) is -0.0308. The molecule has 1 aliphatic heterocycles. The number of anilines is 1. The first-order valence-corrected chi connectivity index (χ1v) is 13.4. The number of hydrogen-bond acceptors (Lipinski definition) is 3. The number of pyridine rings is 1. The van der Waals surface area contributed by atoms with Crippen molar-refractivity contribution in [3.63, 3.8) is 0 Å². The Morgan fingerprint density at radius 3 is 2.47 bits per heavy atom. The fraction of sp³-hybridized carbons (Fsp3) is 0.258. The zero-order valence-corrected chi connectivity index (χ0v) is 22.8. The summed E-state index contributed by atoms with van der Waals surface area (Å²) in [5.41, 5.74) is 7.65. The molecule has 1 saturated heterocycles. The third kappa shape index (κ3) is 5.34. The standard InChI is InChI=1S/C31H33N5OS/c1-21-11-7-8-14-26(21)33-28(37)16-18-35-30(29(34-31(35)38)27-15-9-10-17-32-27)25-19-22(2)36(23(25)3)20-24-12-5-4-6-13-24/h4-15,17,19,29-30H,16,18,20H2,1-3H3,(H,33,37)(H,34,38)/t29-,30-/m0/s1. The maximum absolute atomic E-state index is 12.9. The van der Waals surface area contributed by atoms with Crippen LogP contribution < -0.4 is 10.6 Å². The monoisotopic (exact) mass is 523 g/mol. The van der Waals surface area contributed by atoms with E-state index in [4.69, 9.17) is 12.2 Å². The average molecular weight is 524 g/mol. The van der Waals surface area contributed by atoms with Crippen LogP contribution in [0.1, 0.15) is 52.3 Å². The Morgan fingerprint density at radius 2 is 1.74 bits per heavy atom. The van der Waals surface area contributed by atoms with Gasteiger partial charge in [0.2, 0.25) is 5.91 Å². The smallest absolute Gasteiger partial charge is 0.226 e. The van der Waals surface area contributed by atoms with Crippen molar-refractivity contribution in [2.75, 3.05) is 11.9 Å². The number of carbonyl (C=O) groups is 1. The van der Waals surface area contributed by atoms with Crippen molar-refractivity contribution in [3.8, 4) is 0 Å². The van der Waals surface area contributed by atoms with Gasteiger partial charge >= 0.3 is 0 Å². The zero-order valence-electron chi connectivity index (χ0n) is 22.0. The first-order chi connectivity index (χ1) is 18.4. The minimum Gasteiger partial charge on any atom is -0.352 e. The molecule has 2 atom stereocenters. The summed E-state index contributed by atoms with van der Waals surface area (Å²) in [7, 11) is 0. The molecule has 6 nitrogen and oxygen atoms in total. The number of para-hydroxylation sites is 1. The van der Waals surface area contributed by atoms with Gasteiger partial charge in [-0.25, -0.2) is 0 Å². The minimum absolute atomic E-state index is 0.0308. The van der Waals surface area contributed by atoms with Gasteiger partial charge in [-0.15, -0.1) is 0 Å². The Bertz CT molecular complexity index is 1430. The van der Waals surface area contributed by atoms with Crippen LogP contribution in [0.5, 0.6) is 0 Å². The zero-order chi connectivity index (χ0) is 26.6. The van der Waals surface area contributed by atoms with E-state index >= 15 is 0 Å². The molecule has 7 heteroatoms. The first kappa shape index (κ1) is 25.7. The molecule has 5 rings (SSSR count). The molecule has 3 heterocycles. The summed E-state index contributed by atoms with van der Waals surface area (Å²) in [4.78, 5) is 19.7. The van der Waals surface area contributed by atoms with Crippen LogP contribution in [0.2, 0.25) is 0 Å². The number of thiocarbonyl (C=S) groups is 1. The van der Waals surface area contributed by atoms with E-state index in [0.717, 1.165) is 23.5 Å². The maximum Gasteiger partial charge on any atom is 0.226 e. The third-order valence-corrected chi connectivity index (χ3v) is 7.66. The summed E-state index contributed by atoms with van der Waals surface area (Å²) >= 11 is 5.83. The molecule has 1 aliphatic rings. The van der Waals surface area contributed by atoms with E-state index in [0.29, 0.717) is 18.1 Å². The van der Waals surface area contributed by atoms with Gasteiger partial charge in [-0.1, -0.05) is 54.6 Å². The summed E-state index contributed by atoms with van der Waals surface area (Å²) < 4.78 is 2.35. The van der Waals surface area contributed by atoms with Gasteiger partial charge in [-0.3, -0.25) is 9.78 Å². The second-order valence-corrected chi connectivity index (χ2v) is 10.2. The number of nitrogens with one attached hydrogen (secondary N) is 2. The van der Waals surface area contributed by atoms with E-state index < -0.39 is 0 Å². The predicted molar refractivity (Wildman–Crippen MR) is 156 cm³/mol. The highest BCUT2D eigenvalue weighted by Gasteiger charge is 2.41. The number of hydrogen-bond donors (Lipinski definition) is 2. The number of nitrogens with zero attached hydrogens (tertiary/aromatic N) is 3. The number of benzene rings is 2. The second kappa shape index (κ2) is 11.2. The summed E-state index contributed by atoms with van der Waals surface area (Å²) in [6, 6.07) is 26.3. The molecular weight excluding hydrogens is 490 g/mol. The van der Waals surface area contributed by atoms with Crippen LogP contribution in [-0.4, -0.2) is 32.0 Å². The van der Waals surface area contributed by atoms with Crippen molar-refractivity contribution >= 4 is 28.9 Å². The highest BCUT2D eigenvalue weighted by atomic mass is 32.1. The molecule has 2 aromatic heterocycles. The molecule has 0 saturated carbocycles. The Hall–Kier alpha value is -3.97. The SMILES string of the molecule is Cc1ccccc1NC(=O)CCN1C(=S)N[C@@H](c2ccccn2)[C@@H]1c1cc(C)n(Cc2ccccc2)c1C. The van der Waals surface area contributed by atoms with E-state index in [-0.39, 0.29) is 18.0 Å². The van der Waals surface area contributed by atoms with Gasteiger partial charge in [0.15, 0.2) is 5.11 Å². The Balaban J connectivity index is 1.43. The van der Waals surface area contributed by atoms with Gasteiger partial charge in [0.05, 0.1) is 17.8 Å². The topological polar surface area (TPSA) is 62.2 Å². The quantitative estimate of drug-likeness (QED) is 0.283. The lowest BCUT2D eigenvalue weighted by Crippen LogP contribution is -2.33. The van der Waals surface area contributed by atoms with Crippen LogP contribution >= 0.6 is 12.2 Å².